The molecule has 20 heavy (non-hydrogen) atoms. The molecule has 0 bridgehead atoms. The summed E-state index contributed by atoms with van der Waals surface area (Å²) >= 11 is 3.20. The summed E-state index contributed by atoms with van der Waals surface area (Å²) in [6.07, 6.45) is 1.62. The molecule has 0 unspecified atom stereocenters. The second kappa shape index (κ2) is 5.79. The van der Waals surface area contributed by atoms with Crippen LogP contribution in [0.4, 0.5) is 11.5 Å². The number of amides is 1. The van der Waals surface area contributed by atoms with Crippen molar-refractivity contribution >= 4 is 33.3 Å². The highest BCUT2D eigenvalue weighted by atomic mass is 79.9. The number of nitrogens with one attached hydrogen (secondary N) is 1. The molecule has 1 amide bonds. The Labute approximate surface area is 123 Å². The van der Waals surface area contributed by atoms with E-state index >= 15 is 0 Å². The molecule has 0 aliphatic rings. The third-order valence-electron chi connectivity index (χ3n) is 2.56. The molecular formula is C13H10BrN3O3. The predicted molar refractivity (Wildman–Crippen MR) is 77.7 cm³/mol. The Morgan fingerprint density at radius 1 is 1.35 bits per heavy atom. The number of anilines is 1. The lowest BCUT2D eigenvalue weighted by molar-refractivity contribution is -0.384. The minimum absolute atomic E-state index is 0.143. The van der Waals surface area contributed by atoms with E-state index in [2.05, 4.69) is 26.2 Å². The molecule has 0 atom stereocenters. The number of carbonyl (C=O) groups excluding carboxylic acids is 1. The van der Waals surface area contributed by atoms with Gasteiger partial charge in [-0.05, 0) is 40.5 Å². The van der Waals surface area contributed by atoms with Crippen LogP contribution in [0.3, 0.4) is 0 Å². The van der Waals surface area contributed by atoms with Crippen LogP contribution in [0.1, 0.15) is 15.9 Å². The largest absolute Gasteiger partial charge is 0.307 e. The van der Waals surface area contributed by atoms with Gasteiger partial charge < -0.3 is 5.32 Å². The summed E-state index contributed by atoms with van der Waals surface area (Å²) in [5.74, 6) is -0.0732. The zero-order valence-corrected chi connectivity index (χ0v) is 12.0. The van der Waals surface area contributed by atoms with Crippen molar-refractivity contribution in [1.82, 2.24) is 4.98 Å². The number of nitro groups is 1. The van der Waals surface area contributed by atoms with Gasteiger partial charge >= 0.3 is 0 Å². The Hall–Kier alpha value is -2.28. The SMILES string of the molecule is Cc1ccc(NC(=O)c2cc([N+](=O)[O-])ccc2Br)nc1. The van der Waals surface area contributed by atoms with E-state index in [4.69, 9.17) is 0 Å². The van der Waals surface area contributed by atoms with Crippen molar-refractivity contribution in [2.24, 2.45) is 0 Å². The van der Waals surface area contributed by atoms with Crippen LogP contribution in [0.2, 0.25) is 0 Å². The molecule has 6 nitrogen and oxygen atoms in total. The summed E-state index contributed by atoms with van der Waals surface area (Å²) < 4.78 is 0.479. The van der Waals surface area contributed by atoms with E-state index < -0.39 is 10.8 Å². The summed E-state index contributed by atoms with van der Waals surface area (Å²) in [6.45, 7) is 1.88. The van der Waals surface area contributed by atoms with Crippen molar-refractivity contribution in [3.05, 3.63) is 62.2 Å². The van der Waals surface area contributed by atoms with Crippen LogP contribution < -0.4 is 5.32 Å². The first kappa shape index (κ1) is 14.1. The zero-order valence-electron chi connectivity index (χ0n) is 10.5. The summed E-state index contributed by atoms with van der Waals surface area (Å²) in [7, 11) is 0. The van der Waals surface area contributed by atoms with Gasteiger partial charge in [-0.2, -0.15) is 0 Å². The Morgan fingerprint density at radius 2 is 2.10 bits per heavy atom. The number of hydrogen-bond acceptors (Lipinski definition) is 4. The van der Waals surface area contributed by atoms with Gasteiger partial charge in [0.1, 0.15) is 5.82 Å². The van der Waals surface area contributed by atoms with Gasteiger partial charge in [-0.3, -0.25) is 14.9 Å². The van der Waals surface area contributed by atoms with Crippen molar-refractivity contribution in [2.75, 3.05) is 5.32 Å². The first-order valence-electron chi connectivity index (χ1n) is 5.65. The number of aryl methyl sites for hydroxylation is 1. The fourth-order valence-electron chi connectivity index (χ4n) is 1.53. The number of nitro benzene ring substituents is 1. The quantitative estimate of drug-likeness (QED) is 0.688. The minimum Gasteiger partial charge on any atom is -0.307 e. The predicted octanol–water partition coefficient (Wildman–Crippen LogP) is 3.31. The van der Waals surface area contributed by atoms with Crippen molar-refractivity contribution < 1.29 is 9.72 Å². The first-order valence-corrected chi connectivity index (χ1v) is 6.44. The number of halogens is 1. The van der Waals surface area contributed by atoms with Crippen molar-refractivity contribution in [2.45, 2.75) is 6.92 Å². The van der Waals surface area contributed by atoms with Crippen LogP contribution in [0.25, 0.3) is 0 Å². The van der Waals surface area contributed by atoms with E-state index in [0.717, 1.165) is 5.56 Å². The first-order chi connectivity index (χ1) is 9.47. The van der Waals surface area contributed by atoms with Gasteiger partial charge in [-0.1, -0.05) is 6.07 Å². The van der Waals surface area contributed by atoms with Crippen molar-refractivity contribution in [3.63, 3.8) is 0 Å². The Kier molecular flexibility index (Phi) is 4.09. The molecule has 0 aliphatic heterocycles. The fourth-order valence-corrected chi connectivity index (χ4v) is 1.95. The molecule has 0 fully saturated rings. The van der Waals surface area contributed by atoms with Crippen LogP contribution >= 0.6 is 15.9 Å². The van der Waals surface area contributed by atoms with Gasteiger partial charge in [0.15, 0.2) is 0 Å². The Morgan fingerprint density at radius 3 is 2.70 bits per heavy atom. The molecular weight excluding hydrogens is 326 g/mol. The summed E-state index contributed by atoms with van der Waals surface area (Å²) in [6, 6.07) is 7.48. The molecule has 2 aromatic rings. The van der Waals surface area contributed by atoms with Crippen LogP contribution in [0.5, 0.6) is 0 Å². The van der Waals surface area contributed by atoms with Gasteiger partial charge in [-0.25, -0.2) is 4.98 Å². The number of aromatic nitrogens is 1. The van der Waals surface area contributed by atoms with E-state index in [1.807, 2.05) is 13.0 Å². The third kappa shape index (κ3) is 3.18. The van der Waals surface area contributed by atoms with Gasteiger partial charge in [-0.15, -0.1) is 0 Å². The molecule has 0 radical (unpaired) electrons. The second-order valence-corrected chi connectivity index (χ2v) is 4.95. The highest BCUT2D eigenvalue weighted by molar-refractivity contribution is 9.10. The van der Waals surface area contributed by atoms with Gasteiger partial charge in [0.2, 0.25) is 0 Å². The molecule has 1 heterocycles. The van der Waals surface area contributed by atoms with E-state index in [1.165, 1.54) is 18.2 Å². The highest BCUT2D eigenvalue weighted by Crippen LogP contribution is 2.23. The molecule has 1 aromatic heterocycles. The number of rotatable bonds is 3. The van der Waals surface area contributed by atoms with Gasteiger partial charge in [0, 0.05) is 22.8 Å². The van der Waals surface area contributed by atoms with E-state index in [1.54, 1.807) is 12.3 Å². The van der Waals surface area contributed by atoms with Crippen LogP contribution in [-0.2, 0) is 0 Å². The van der Waals surface area contributed by atoms with E-state index in [9.17, 15) is 14.9 Å². The van der Waals surface area contributed by atoms with E-state index in [0.29, 0.717) is 10.3 Å². The number of hydrogen-bond donors (Lipinski definition) is 1. The summed E-state index contributed by atoms with van der Waals surface area (Å²) in [5.41, 5.74) is 1.01. The number of carbonyl (C=O) groups is 1. The van der Waals surface area contributed by atoms with Crippen molar-refractivity contribution in [1.29, 1.82) is 0 Å². The molecule has 0 aliphatic carbocycles. The third-order valence-corrected chi connectivity index (χ3v) is 3.25. The molecule has 0 saturated heterocycles. The fraction of sp³-hybridized carbons (Fsp3) is 0.0769. The lowest BCUT2D eigenvalue weighted by Gasteiger charge is -2.06. The molecule has 102 valence electrons. The maximum absolute atomic E-state index is 12.1. The highest BCUT2D eigenvalue weighted by Gasteiger charge is 2.15. The Bertz CT molecular complexity index is 671. The summed E-state index contributed by atoms with van der Waals surface area (Å²) in [5, 5.41) is 13.3. The zero-order chi connectivity index (χ0) is 14.7. The lowest BCUT2D eigenvalue weighted by Crippen LogP contribution is -2.13. The second-order valence-electron chi connectivity index (χ2n) is 4.10. The molecule has 2 rings (SSSR count). The molecule has 7 heteroatoms. The molecule has 1 aromatic carbocycles. The van der Waals surface area contributed by atoms with Crippen molar-refractivity contribution in [3.8, 4) is 0 Å². The minimum atomic E-state index is -0.548. The maximum atomic E-state index is 12.1. The number of pyridine rings is 1. The van der Waals surface area contributed by atoms with Gasteiger partial charge in [0.25, 0.3) is 11.6 Å². The summed E-state index contributed by atoms with van der Waals surface area (Å²) in [4.78, 5) is 26.3. The average molecular weight is 336 g/mol. The van der Waals surface area contributed by atoms with E-state index in [-0.39, 0.29) is 11.3 Å². The normalized spacial score (nSPS) is 10.1. The molecule has 0 spiro atoms. The maximum Gasteiger partial charge on any atom is 0.270 e. The smallest absolute Gasteiger partial charge is 0.270 e. The topological polar surface area (TPSA) is 85.1 Å². The lowest BCUT2D eigenvalue weighted by atomic mass is 10.2. The molecule has 0 saturated carbocycles. The monoisotopic (exact) mass is 335 g/mol. The average Bonchev–Trinajstić information content (AvgIpc) is 2.41. The van der Waals surface area contributed by atoms with Crippen LogP contribution in [-0.4, -0.2) is 15.8 Å². The number of nitrogens with zero attached hydrogens (tertiary/aromatic N) is 2. The van der Waals surface area contributed by atoms with Crippen LogP contribution in [0, 0.1) is 17.0 Å². The Balaban J connectivity index is 2.26. The van der Waals surface area contributed by atoms with Crippen LogP contribution in [0.15, 0.2) is 41.0 Å². The molecule has 1 N–H and O–H groups in total. The number of benzene rings is 1. The number of non-ortho nitro benzene ring substituents is 1. The standard InChI is InChI=1S/C13H10BrN3O3/c1-8-2-5-12(15-7-8)16-13(18)10-6-9(17(19)20)3-4-11(10)14/h2-7H,1H3,(H,15,16,18). The van der Waals surface area contributed by atoms with Gasteiger partial charge in [0.05, 0.1) is 10.5 Å².